The molecule has 10 nitrogen and oxygen atoms in total. The molecule has 10 heteroatoms. The molecule has 4 aliphatic rings. The number of ether oxygens (including phenoxy) is 2. The summed E-state index contributed by atoms with van der Waals surface area (Å²) in [7, 11) is 0. The van der Waals surface area contributed by atoms with Gasteiger partial charge in [0.05, 0.1) is 31.2 Å². The summed E-state index contributed by atoms with van der Waals surface area (Å²) in [5.41, 5.74) is -0.353. The molecule has 41 heavy (non-hydrogen) atoms. The Morgan fingerprint density at radius 1 is 1.07 bits per heavy atom. The van der Waals surface area contributed by atoms with E-state index >= 15 is 0 Å². The summed E-state index contributed by atoms with van der Waals surface area (Å²) >= 11 is 0. The van der Waals surface area contributed by atoms with Crippen LogP contribution < -0.4 is 4.90 Å². The van der Waals surface area contributed by atoms with E-state index in [0.29, 0.717) is 58.7 Å². The Hall–Kier alpha value is -3.05. The van der Waals surface area contributed by atoms with E-state index < -0.39 is 29.6 Å². The number of anilines is 1. The van der Waals surface area contributed by atoms with Crippen molar-refractivity contribution in [1.29, 1.82) is 0 Å². The topological polar surface area (TPSA) is 103 Å². The normalized spacial score (nSPS) is 28.9. The van der Waals surface area contributed by atoms with Crippen molar-refractivity contribution in [3.8, 4) is 0 Å². The van der Waals surface area contributed by atoms with Crippen LogP contribution in [0.4, 0.5) is 5.69 Å². The molecule has 0 saturated carbocycles. The number of carbonyl (C=O) groups is 3. The molecule has 3 amide bonds. The van der Waals surface area contributed by atoms with Gasteiger partial charge < -0.3 is 29.3 Å². The van der Waals surface area contributed by atoms with E-state index in [1.54, 1.807) is 26.9 Å². The van der Waals surface area contributed by atoms with Crippen LogP contribution in [-0.2, 0) is 23.9 Å². The Balaban J connectivity index is 1.45. The fraction of sp³-hybridized carbons (Fsp3) is 0.581. The molecule has 2 bridgehead atoms. The lowest BCUT2D eigenvalue weighted by Crippen LogP contribution is -2.57. The van der Waals surface area contributed by atoms with Gasteiger partial charge in [-0.1, -0.05) is 30.4 Å². The molecule has 0 radical (unpaired) electrons. The van der Waals surface area contributed by atoms with E-state index in [1.165, 1.54) is 0 Å². The molecule has 0 aromatic heterocycles. The van der Waals surface area contributed by atoms with Crippen molar-refractivity contribution in [1.82, 2.24) is 14.7 Å². The number of hydrogen-bond donors (Lipinski definition) is 1. The number of benzene rings is 1. The zero-order chi connectivity index (χ0) is 29.0. The summed E-state index contributed by atoms with van der Waals surface area (Å²) in [4.78, 5) is 50.0. The van der Waals surface area contributed by atoms with E-state index in [0.717, 1.165) is 18.8 Å². The number of hydrogen-bond acceptors (Lipinski definition) is 7. The van der Waals surface area contributed by atoms with Gasteiger partial charge in [-0.25, -0.2) is 0 Å². The van der Waals surface area contributed by atoms with Gasteiger partial charge in [0.15, 0.2) is 0 Å². The third-order valence-corrected chi connectivity index (χ3v) is 8.97. The Morgan fingerprint density at radius 2 is 1.80 bits per heavy atom. The van der Waals surface area contributed by atoms with Crippen molar-refractivity contribution in [2.24, 2.45) is 11.8 Å². The number of fused-ring (bicyclic) bond motifs is 1. The number of carbonyl (C=O) groups excluding carboxylic acids is 3. The van der Waals surface area contributed by atoms with E-state index in [9.17, 15) is 19.5 Å². The lowest BCUT2D eigenvalue weighted by Gasteiger charge is -2.37. The number of amides is 3. The summed E-state index contributed by atoms with van der Waals surface area (Å²) in [6.07, 6.45) is 4.40. The average Bonchev–Trinajstić information content (AvgIpc) is 3.64. The quantitative estimate of drug-likeness (QED) is 0.359. The molecule has 1 aromatic carbocycles. The number of likely N-dealkylation sites (tertiary alicyclic amines) is 1. The Labute approximate surface area is 242 Å². The number of aliphatic hydroxyl groups is 1. The fourth-order valence-electron chi connectivity index (χ4n) is 7.14. The molecule has 1 aromatic rings. The molecule has 4 heterocycles. The minimum absolute atomic E-state index is 0.108. The van der Waals surface area contributed by atoms with Gasteiger partial charge in [0.25, 0.3) is 0 Å². The van der Waals surface area contributed by atoms with Gasteiger partial charge in [-0.3, -0.25) is 19.3 Å². The van der Waals surface area contributed by atoms with E-state index in [-0.39, 0.29) is 30.9 Å². The first-order valence-electron chi connectivity index (χ1n) is 14.7. The molecule has 0 aliphatic carbocycles. The Morgan fingerprint density at radius 3 is 2.49 bits per heavy atom. The van der Waals surface area contributed by atoms with Crippen molar-refractivity contribution in [2.75, 3.05) is 70.5 Å². The van der Waals surface area contributed by atoms with Crippen LogP contribution >= 0.6 is 0 Å². The summed E-state index contributed by atoms with van der Waals surface area (Å²) in [6, 6.07) is 8.50. The van der Waals surface area contributed by atoms with Crippen LogP contribution in [0.1, 0.15) is 19.3 Å². The van der Waals surface area contributed by atoms with Crippen molar-refractivity contribution in [3.63, 3.8) is 0 Å². The van der Waals surface area contributed by atoms with Crippen molar-refractivity contribution < 1.29 is 29.0 Å². The van der Waals surface area contributed by atoms with Gasteiger partial charge in [-0.15, -0.1) is 13.2 Å². The largest absolute Gasteiger partial charge is 0.396 e. The predicted octanol–water partition coefficient (Wildman–Crippen LogP) is 1.31. The van der Waals surface area contributed by atoms with E-state index in [4.69, 9.17) is 9.47 Å². The predicted molar refractivity (Wildman–Crippen MR) is 154 cm³/mol. The molecular weight excluding hydrogens is 524 g/mol. The fourth-order valence-corrected chi connectivity index (χ4v) is 7.14. The molecule has 222 valence electrons. The maximum absolute atomic E-state index is 14.4. The van der Waals surface area contributed by atoms with Crippen LogP contribution in [0.15, 0.2) is 55.6 Å². The maximum atomic E-state index is 14.4. The monoisotopic (exact) mass is 566 g/mol. The third-order valence-electron chi connectivity index (χ3n) is 8.97. The number of nitrogens with zero attached hydrogens (tertiary/aromatic N) is 4. The molecule has 4 aliphatic heterocycles. The molecule has 2 unspecified atom stereocenters. The highest BCUT2D eigenvalue weighted by atomic mass is 16.5. The van der Waals surface area contributed by atoms with Crippen LogP contribution in [0.3, 0.4) is 0 Å². The average molecular weight is 567 g/mol. The minimum Gasteiger partial charge on any atom is -0.396 e. The molecule has 5 rings (SSSR count). The van der Waals surface area contributed by atoms with Crippen molar-refractivity contribution in [2.45, 2.75) is 37.0 Å². The van der Waals surface area contributed by atoms with Crippen LogP contribution in [0.5, 0.6) is 0 Å². The summed E-state index contributed by atoms with van der Waals surface area (Å²) in [5, 5.41) is 9.63. The maximum Gasteiger partial charge on any atom is 0.248 e. The van der Waals surface area contributed by atoms with Gasteiger partial charge in [0, 0.05) is 58.1 Å². The SMILES string of the molecule is C=CCN(CCN1CCOCC1)C(=O)C1N(CCCO)C(=O)[C@@H]2[C@H](C(=O)N(CC=C)c3ccccc3)[C@@H]3CCC12O3. The zero-order valence-electron chi connectivity index (χ0n) is 23.7. The second-order valence-electron chi connectivity index (χ2n) is 11.3. The van der Waals surface area contributed by atoms with E-state index in [1.807, 2.05) is 30.3 Å². The first-order valence-corrected chi connectivity index (χ1v) is 14.7. The third kappa shape index (κ3) is 5.46. The standard InChI is InChI=1S/C31H42N4O6/c1-3-13-33(17-16-32-18-21-40-22-19-32)30(39)27-31-12-11-24(41-31)25(26(31)29(38)35(27)15-8-20-36)28(37)34(14-4-2)23-9-6-5-7-10-23/h3-7,9-10,24-27,36H,1-2,8,11-22H2/t24-,25+,26-,27?,31?/m0/s1. The van der Waals surface area contributed by atoms with Crippen molar-refractivity contribution in [3.05, 3.63) is 55.6 Å². The van der Waals surface area contributed by atoms with Gasteiger partial charge in [0.2, 0.25) is 17.7 Å². The van der Waals surface area contributed by atoms with Crippen molar-refractivity contribution >= 4 is 23.4 Å². The molecular formula is C31H42N4O6. The summed E-state index contributed by atoms with van der Waals surface area (Å²) < 4.78 is 12.1. The Bertz CT molecular complexity index is 1120. The molecule has 4 fully saturated rings. The summed E-state index contributed by atoms with van der Waals surface area (Å²) in [6.45, 7) is 12.6. The van der Waals surface area contributed by atoms with Crippen LogP contribution in [0, 0.1) is 11.8 Å². The highest BCUT2D eigenvalue weighted by molar-refractivity contribution is 6.03. The molecule has 4 saturated heterocycles. The van der Waals surface area contributed by atoms with Gasteiger partial charge in [-0.05, 0) is 31.4 Å². The summed E-state index contributed by atoms with van der Waals surface area (Å²) in [5.74, 6) is -2.08. The lowest BCUT2D eigenvalue weighted by atomic mass is 9.70. The Kier molecular flexibility index (Phi) is 9.23. The number of aliphatic hydroxyl groups excluding tert-OH is 1. The minimum atomic E-state index is -1.08. The van der Waals surface area contributed by atoms with Crippen LogP contribution in [0.25, 0.3) is 0 Å². The highest BCUT2D eigenvalue weighted by Crippen LogP contribution is 2.59. The van der Waals surface area contributed by atoms with E-state index in [2.05, 4.69) is 18.1 Å². The highest BCUT2D eigenvalue weighted by Gasteiger charge is 2.74. The first-order chi connectivity index (χ1) is 20.0. The lowest BCUT2D eigenvalue weighted by molar-refractivity contribution is -0.148. The smallest absolute Gasteiger partial charge is 0.248 e. The van der Waals surface area contributed by atoms with Gasteiger partial charge in [-0.2, -0.15) is 0 Å². The second kappa shape index (κ2) is 12.9. The number of morpholine rings is 1. The number of rotatable bonds is 13. The van der Waals surface area contributed by atoms with Gasteiger partial charge in [0.1, 0.15) is 11.6 Å². The second-order valence-corrected chi connectivity index (χ2v) is 11.3. The van der Waals surface area contributed by atoms with Crippen LogP contribution in [0.2, 0.25) is 0 Å². The zero-order valence-corrected chi connectivity index (χ0v) is 23.7. The van der Waals surface area contributed by atoms with Crippen LogP contribution in [-0.4, -0.2) is 121 Å². The molecule has 1 spiro atoms. The molecule has 5 atom stereocenters. The van der Waals surface area contributed by atoms with Gasteiger partial charge >= 0.3 is 0 Å². The molecule has 1 N–H and O–H groups in total. The number of para-hydroxylation sites is 1. The first kappa shape index (κ1) is 29.4.